The Morgan fingerprint density at radius 1 is 1.04 bits per heavy atom. The molecule has 26 heavy (non-hydrogen) atoms. The Kier molecular flexibility index (Phi) is 9.72. The quantitative estimate of drug-likeness (QED) is 0.578. The van der Waals surface area contributed by atoms with Crippen molar-refractivity contribution in [1.29, 1.82) is 0 Å². The van der Waals surface area contributed by atoms with Crippen LogP contribution >= 0.6 is 0 Å². The summed E-state index contributed by atoms with van der Waals surface area (Å²) in [7, 11) is 1.98. The maximum absolute atomic E-state index is 11.8. The summed E-state index contributed by atoms with van der Waals surface area (Å²) in [5, 5.41) is 3.24. The summed E-state index contributed by atoms with van der Waals surface area (Å²) in [5.74, 6) is 0.813. The number of alkyl halides is 1. The lowest BCUT2D eigenvalue weighted by Crippen LogP contribution is -2.23. The van der Waals surface area contributed by atoms with Crippen LogP contribution < -0.4 is 10.1 Å². The molecule has 0 heterocycles. The lowest BCUT2D eigenvalue weighted by molar-refractivity contribution is 0.0325. The Labute approximate surface area is 155 Å². The van der Waals surface area contributed by atoms with Gasteiger partial charge in [0, 0.05) is 6.04 Å². The summed E-state index contributed by atoms with van der Waals surface area (Å²) >= 11 is 0. The zero-order chi connectivity index (χ0) is 18.5. The zero-order valence-electron chi connectivity index (χ0n) is 15.3. The SMILES string of the molecule is CNC1C=CC(C=Cc2ccc(OCCOCCOCCF)cc2)=CC1. The molecule has 0 aliphatic heterocycles. The first-order valence-corrected chi connectivity index (χ1v) is 9.00. The van der Waals surface area contributed by atoms with E-state index >= 15 is 0 Å². The summed E-state index contributed by atoms with van der Waals surface area (Å²) < 4.78 is 27.8. The van der Waals surface area contributed by atoms with E-state index in [1.807, 2.05) is 31.3 Å². The zero-order valence-corrected chi connectivity index (χ0v) is 15.3. The van der Waals surface area contributed by atoms with Gasteiger partial charge in [0.1, 0.15) is 19.0 Å². The van der Waals surface area contributed by atoms with Crippen LogP contribution in [0.25, 0.3) is 6.08 Å². The van der Waals surface area contributed by atoms with E-state index in [0.717, 1.165) is 17.7 Å². The van der Waals surface area contributed by atoms with Crippen molar-refractivity contribution in [2.75, 3.05) is 46.8 Å². The molecule has 4 nitrogen and oxygen atoms in total. The van der Waals surface area contributed by atoms with Crippen molar-refractivity contribution in [1.82, 2.24) is 5.32 Å². The standard InChI is InChI=1S/C21H28FNO3/c1-23-20-8-4-18(5-9-20)2-3-19-6-10-21(11-7-19)26-17-16-25-15-14-24-13-12-22/h2-8,10-11,20,23H,9,12-17H2,1H3. The highest BCUT2D eigenvalue weighted by Crippen LogP contribution is 2.16. The molecule has 0 spiro atoms. The van der Waals surface area contributed by atoms with Crippen LogP contribution in [0.4, 0.5) is 4.39 Å². The molecular formula is C21H28FNO3. The number of likely N-dealkylation sites (N-methyl/N-ethyl adjacent to an activating group) is 1. The second kappa shape index (κ2) is 12.4. The minimum Gasteiger partial charge on any atom is -0.491 e. The summed E-state index contributed by atoms with van der Waals surface area (Å²) in [6.07, 6.45) is 11.8. The Bertz CT molecular complexity index is 596. The van der Waals surface area contributed by atoms with Gasteiger partial charge in [0.15, 0.2) is 0 Å². The van der Waals surface area contributed by atoms with Crippen molar-refractivity contribution in [3.05, 3.63) is 59.7 Å². The van der Waals surface area contributed by atoms with Crippen LogP contribution in [0.1, 0.15) is 12.0 Å². The third-order valence-electron chi connectivity index (χ3n) is 3.94. The normalized spacial score (nSPS) is 16.8. The first kappa shape index (κ1) is 20.4. The van der Waals surface area contributed by atoms with Gasteiger partial charge in [0.2, 0.25) is 0 Å². The molecule has 1 aliphatic carbocycles. The van der Waals surface area contributed by atoms with E-state index < -0.39 is 6.67 Å². The summed E-state index contributed by atoms with van der Waals surface area (Å²) in [6, 6.07) is 8.40. The average molecular weight is 361 g/mol. The molecule has 0 saturated carbocycles. The number of hydrogen-bond acceptors (Lipinski definition) is 4. The maximum Gasteiger partial charge on any atom is 0.119 e. The molecule has 1 aromatic carbocycles. The van der Waals surface area contributed by atoms with Crippen LogP contribution in [-0.2, 0) is 9.47 Å². The van der Waals surface area contributed by atoms with Gasteiger partial charge in [0.25, 0.3) is 0 Å². The molecule has 1 unspecified atom stereocenters. The predicted octanol–water partition coefficient (Wildman–Crippen LogP) is 3.56. The van der Waals surface area contributed by atoms with Crippen LogP contribution in [0, 0.1) is 0 Å². The second-order valence-electron chi connectivity index (χ2n) is 5.86. The minimum atomic E-state index is -0.459. The summed E-state index contributed by atoms with van der Waals surface area (Å²) in [5.41, 5.74) is 2.35. The number of ether oxygens (including phenoxy) is 3. The molecule has 1 aliphatic rings. The predicted molar refractivity (Wildman–Crippen MR) is 103 cm³/mol. The summed E-state index contributed by atoms with van der Waals surface area (Å²) in [6.45, 7) is 1.49. The van der Waals surface area contributed by atoms with E-state index in [1.165, 1.54) is 5.57 Å². The van der Waals surface area contributed by atoms with Crippen LogP contribution in [0.5, 0.6) is 5.75 Å². The molecule has 5 heteroatoms. The van der Waals surface area contributed by atoms with E-state index in [-0.39, 0.29) is 6.61 Å². The van der Waals surface area contributed by atoms with Crippen molar-refractivity contribution in [3.8, 4) is 5.75 Å². The molecule has 0 radical (unpaired) electrons. The molecule has 0 amide bonds. The van der Waals surface area contributed by atoms with E-state index in [4.69, 9.17) is 14.2 Å². The van der Waals surface area contributed by atoms with Crippen molar-refractivity contribution >= 4 is 6.08 Å². The Balaban J connectivity index is 1.64. The van der Waals surface area contributed by atoms with Crippen LogP contribution in [0.15, 0.2) is 54.1 Å². The van der Waals surface area contributed by atoms with Gasteiger partial charge in [-0.2, -0.15) is 0 Å². The van der Waals surface area contributed by atoms with Crippen LogP contribution in [0.2, 0.25) is 0 Å². The van der Waals surface area contributed by atoms with Crippen LogP contribution in [-0.4, -0.2) is 52.8 Å². The van der Waals surface area contributed by atoms with Gasteiger partial charge in [-0.05, 0) is 36.7 Å². The van der Waals surface area contributed by atoms with Gasteiger partial charge in [-0.1, -0.05) is 42.5 Å². The molecule has 1 atom stereocenters. The molecule has 1 aromatic rings. The van der Waals surface area contributed by atoms with Gasteiger partial charge >= 0.3 is 0 Å². The third-order valence-corrected chi connectivity index (χ3v) is 3.94. The highest BCUT2D eigenvalue weighted by Gasteiger charge is 2.03. The number of rotatable bonds is 12. The molecule has 0 bridgehead atoms. The number of allylic oxidation sites excluding steroid dienone is 3. The van der Waals surface area contributed by atoms with E-state index in [9.17, 15) is 4.39 Å². The molecule has 1 N–H and O–H groups in total. The lowest BCUT2D eigenvalue weighted by Gasteiger charge is -2.13. The fraction of sp³-hybridized carbons (Fsp3) is 0.429. The number of hydrogen-bond donors (Lipinski definition) is 1. The number of nitrogens with one attached hydrogen (secondary N) is 1. The molecule has 0 aromatic heterocycles. The fourth-order valence-corrected chi connectivity index (χ4v) is 2.44. The molecule has 0 saturated heterocycles. The number of benzene rings is 1. The van der Waals surface area contributed by atoms with Gasteiger partial charge in [0.05, 0.1) is 26.4 Å². The van der Waals surface area contributed by atoms with E-state index in [1.54, 1.807) is 0 Å². The monoisotopic (exact) mass is 361 g/mol. The largest absolute Gasteiger partial charge is 0.491 e. The molecule has 142 valence electrons. The topological polar surface area (TPSA) is 39.7 Å². The van der Waals surface area contributed by atoms with Crippen molar-refractivity contribution in [2.24, 2.45) is 0 Å². The van der Waals surface area contributed by atoms with E-state index in [2.05, 4.69) is 35.7 Å². The molecular weight excluding hydrogens is 333 g/mol. The lowest BCUT2D eigenvalue weighted by atomic mass is 10.0. The minimum absolute atomic E-state index is 0.130. The first-order chi connectivity index (χ1) is 12.8. The first-order valence-electron chi connectivity index (χ1n) is 9.00. The smallest absolute Gasteiger partial charge is 0.119 e. The highest BCUT2D eigenvalue weighted by atomic mass is 19.1. The Morgan fingerprint density at radius 3 is 2.42 bits per heavy atom. The van der Waals surface area contributed by atoms with Gasteiger partial charge in [-0.3, -0.25) is 0 Å². The Hall–Kier alpha value is -1.95. The molecule has 0 fully saturated rings. The van der Waals surface area contributed by atoms with Crippen molar-refractivity contribution in [3.63, 3.8) is 0 Å². The molecule has 2 rings (SSSR count). The van der Waals surface area contributed by atoms with E-state index in [0.29, 0.717) is 32.5 Å². The van der Waals surface area contributed by atoms with Crippen molar-refractivity contribution < 1.29 is 18.6 Å². The number of halogens is 1. The fourth-order valence-electron chi connectivity index (χ4n) is 2.44. The third kappa shape index (κ3) is 7.95. The highest BCUT2D eigenvalue weighted by molar-refractivity contribution is 5.56. The van der Waals surface area contributed by atoms with Gasteiger partial charge < -0.3 is 19.5 Å². The Morgan fingerprint density at radius 2 is 1.77 bits per heavy atom. The summed E-state index contributed by atoms with van der Waals surface area (Å²) in [4.78, 5) is 0. The van der Waals surface area contributed by atoms with Crippen molar-refractivity contribution in [2.45, 2.75) is 12.5 Å². The average Bonchev–Trinajstić information content (AvgIpc) is 2.69. The van der Waals surface area contributed by atoms with Crippen LogP contribution in [0.3, 0.4) is 0 Å². The van der Waals surface area contributed by atoms with Gasteiger partial charge in [-0.25, -0.2) is 4.39 Å². The second-order valence-corrected chi connectivity index (χ2v) is 5.86. The van der Waals surface area contributed by atoms with Gasteiger partial charge in [-0.15, -0.1) is 0 Å². The maximum atomic E-state index is 11.8.